The van der Waals surface area contributed by atoms with Gasteiger partial charge in [-0.15, -0.1) is 0 Å². The minimum absolute atomic E-state index is 0.551. The summed E-state index contributed by atoms with van der Waals surface area (Å²) in [5.41, 5.74) is 12.5. The maximum absolute atomic E-state index is 9.67. The lowest BCUT2D eigenvalue weighted by Crippen LogP contribution is -1.97. The maximum atomic E-state index is 9.67. The van der Waals surface area contributed by atoms with E-state index in [0.29, 0.717) is 11.3 Å². The summed E-state index contributed by atoms with van der Waals surface area (Å²) < 4.78 is 6.87. The van der Waals surface area contributed by atoms with Crippen molar-refractivity contribution in [1.82, 2.24) is 18.7 Å². The average molecular weight is 701 g/mol. The molecule has 0 unspecified atom stereocenters. The van der Waals surface area contributed by atoms with Gasteiger partial charge in [0.25, 0.3) is 0 Å². The highest BCUT2D eigenvalue weighted by Crippen LogP contribution is 2.41. The van der Waals surface area contributed by atoms with Gasteiger partial charge in [0.2, 0.25) is 0 Å². The Kier molecular flexibility index (Phi) is 6.58. The Bertz CT molecular complexity index is 3460. The van der Waals surface area contributed by atoms with E-state index in [1.807, 2.05) is 54.9 Å². The first kappa shape index (κ1) is 30.7. The van der Waals surface area contributed by atoms with Gasteiger partial charge in [-0.1, -0.05) is 66.7 Å². The zero-order valence-corrected chi connectivity index (χ0v) is 29.3. The maximum Gasteiger partial charge on any atom is 0.189 e. The number of aromatic nitrogens is 4. The van der Waals surface area contributed by atoms with Gasteiger partial charge >= 0.3 is 0 Å². The van der Waals surface area contributed by atoms with Crippen LogP contribution in [0.1, 0.15) is 5.56 Å². The van der Waals surface area contributed by atoms with Crippen molar-refractivity contribution >= 4 is 71.1 Å². The number of pyridine rings is 1. The van der Waals surface area contributed by atoms with Gasteiger partial charge < -0.3 is 13.7 Å². The lowest BCUT2D eigenvalue weighted by atomic mass is 10.0. The third-order valence-electron chi connectivity index (χ3n) is 10.9. The van der Waals surface area contributed by atoms with Crippen molar-refractivity contribution in [3.63, 3.8) is 0 Å². The Morgan fingerprint density at radius 3 is 1.82 bits per heavy atom. The average Bonchev–Trinajstić information content (AvgIpc) is 3.88. The molecular weight excluding hydrogens is 673 g/mol. The van der Waals surface area contributed by atoms with Gasteiger partial charge in [0.05, 0.1) is 57.5 Å². The normalized spacial score (nSPS) is 11.6. The van der Waals surface area contributed by atoms with Gasteiger partial charge in [0, 0.05) is 55.6 Å². The van der Waals surface area contributed by atoms with Crippen LogP contribution in [0.3, 0.4) is 0 Å². The van der Waals surface area contributed by atoms with E-state index in [9.17, 15) is 5.26 Å². The predicted octanol–water partition coefficient (Wildman–Crippen LogP) is 12.5. The van der Waals surface area contributed by atoms with Crippen LogP contribution in [0, 0.1) is 17.9 Å². The summed E-state index contributed by atoms with van der Waals surface area (Å²) in [6.45, 7) is 8.09. The zero-order chi connectivity index (χ0) is 36.6. The van der Waals surface area contributed by atoms with E-state index in [-0.39, 0.29) is 0 Å². The van der Waals surface area contributed by atoms with E-state index < -0.39 is 0 Å². The first-order valence-corrected chi connectivity index (χ1v) is 18.1. The molecule has 6 nitrogen and oxygen atoms in total. The van der Waals surface area contributed by atoms with Crippen LogP contribution >= 0.6 is 0 Å². The summed E-state index contributed by atoms with van der Waals surface area (Å²) >= 11 is 0. The van der Waals surface area contributed by atoms with Gasteiger partial charge in [0.15, 0.2) is 5.69 Å². The fraction of sp³-hybridized carbons (Fsp3) is 0. The molecule has 6 heteroatoms. The molecule has 4 aromatic heterocycles. The van der Waals surface area contributed by atoms with Gasteiger partial charge in [-0.25, -0.2) is 4.85 Å². The zero-order valence-electron chi connectivity index (χ0n) is 29.3. The molecule has 0 saturated carbocycles. The van der Waals surface area contributed by atoms with E-state index in [1.165, 1.54) is 16.3 Å². The van der Waals surface area contributed by atoms with Crippen LogP contribution in [0.15, 0.2) is 170 Å². The van der Waals surface area contributed by atoms with E-state index in [1.54, 1.807) is 0 Å². The summed E-state index contributed by atoms with van der Waals surface area (Å²) in [6.07, 6.45) is 3.82. The van der Waals surface area contributed by atoms with Crippen molar-refractivity contribution in [2.75, 3.05) is 0 Å². The van der Waals surface area contributed by atoms with Crippen LogP contribution in [0.25, 0.3) is 98.5 Å². The molecule has 0 aliphatic heterocycles. The molecule has 11 rings (SSSR count). The van der Waals surface area contributed by atoms with Gasteiger partial charge in [-0.3, -0.25) is 4.98 Å². The highest BCUT2D eigenvalue weighted by molar-refractivity contribution is 6.19. The van der Waals surface area contributed by atoms with E-state index in [4.69, 9.17) is 6.57 Å². The third kappa shape index (κ3) is 4.56. The summed E-state index contributed by atoms with van der Waals surface area (Å²) in [4.78, 5) is 8.52. The Balaban J connectivity index is 1.14. The fourth-order valence-electron chi connectivity index (χ4n) is 8.56. The molecule has 4 heterocycles. The number of hydrogen-bond acceptors (Lipinski definition) is 2. The number of benzene rings is 7. The van der Waals surface area contributed by atoms with Crippen LogP contribution in [0.5, 0.6) is 0 Å². The van der Waals surface area contributed by atoms with Gasteiger partial charge in [-0.2, -0.15) is 5.26 Å². The second-order valence-electron chi connectivity index (χ2n) is 13.9. The van der Waals surface area contributed by atoms with Crippen LogP contribution < -0.4 is 0 Å². The molecule has 0 spiro atoms. The van der Waals surface area contributed by atoms with Crippen LogP contribution in [0.4, 0.5) is 5.69 Å². The number of rotatable bonds is 4. The van der Waals surface area contributed by atoms with Gasteiger partial charge in [0.1, 0.15) is 0 Å². The van der Waals surface area contributed by atoms with Crippen molar-refractivity contribution in [3.8, 4) is 34.3 Å². The summed E-state index contributed by atoms with van der Waals surface area (Å²) in [7, 11) is 0. The number of para-hydroxylation sites is 3. The number of nitrogens with zero attached hydrogens (tertiary/aromatic N) is 6. The summed E-state index contributed by atoms with van der Waals surface area (Å²) in [6, 6.07) is 56.9. The SMILES string of the molecule is [C-]#[N+]c1cc(-c2cccc(-n3c4cnccc4c4cc5c6ccccc6n(-c6ccccc6)c5cc43)c2)cc(-n2c3ccccc3c3cc(C#N)ccc32)c1. The molecule has 0 bridgehead atoms. The number of fused-ring (bicyclic) bond motifs is 9. The lowest BCUT2D eigenvalue weighted by molar-refractivity contribution is 1.16. The molecule has 55 heavy (non-hydrogen) atoms. The van der Waals surface area contributed by atoms with Gasteiger partial charge in [-0.05, 0) is 102 Å². The first-order valence-electron chi connectivity index (χ1n) is 18.1. The van der Waals surface area contributed by atoms with E-state index in [2.05, 4.69) is 145 Å². The molecule has 0 N–H and O–H groups in total. The quantitative estimate of drug-likeness (QED) is 0.172. The third-order valence-corrected chi connectivity index (χ3v) is 10.9. The molecule has 7 aromatic carbocycles. The Hall–Kier alpha value is -7.93. The highest BCUT2D eigenvalue weighted by Gasteiger charge is 2.20. The second kappa shape index (κ2) is 11.8. The van der Waals surface area contributed by atoms with Crippen LogP contribution in [-0.2, 0) is 0 Å². The molecule has 0 saturated heterocycles. The highest BCUT2D eigenvalue weighted by atomic mass is 15.0. The van der Waals surface area contributed by atoms with Crippen LogP contribution in [0.2, 0.25) is 0 Å². The van der Waals surface area contributed by atoms with Crippen molar-refractivity contribution in [2.24, 2.45) is 0 Å². The van der Waals surface area contributed by atoms with Crippen molar-refractivity contribution in [1.29, 1.82) is 5.26 Å². The Morgan fingerprint density at radius 2 is 1.07 bits per heavy atom. The lowest BCUT2D eigenvalue weighted by Gasteiger charge is -2.14. The molecule has 0 aliphatic rings. The predicted molar refractivity (Wildman–Crippen MR) is 224 cm³/mol. The molecule has 0 atom stereocenters. The molecule has 254 valence electrons. The Morgan fingerprint density at radius 1 is 0.455 bits per heavy atom. The Labute approximate surface area is 315 Å². The smallest absolute Gasteiger partial charge is 0.189 e. The van der Waals surface area contributed by atoms with Crippen molar-refractivity contribution in [2.45, 2.75) is 0 Å². The number of hydrogen-bond donors (Lipinski definition) is 0. The molecule has 11 aromatic rings. The molecular formula is C49H28N6. The van der Waals surface area contributed by atoms with Crippen molar-refractivity contribution in [3.05, 3.63) is 187 Å². The van der Waals surface area contributed by atoms with E-state index >= 15 is 0 Å². The largest absolute Gasteiger partial charge is 0.310 e. The number of nitriles is 1. The van der Waals surface area contributed by atoms with Crippen molar-refractivity contribution < 1.29 is 0 Å². The molecule has 0 radical (unpaired) electrons. The first-order chi connectivity index (χ1) is 27.2. The summed E-state index contributed by atoms with van der Waals surface area (Å²) in [5.74, 6) is 0. The standard InChI is InChI=1S/C49H28N6/c1-51-34-23-33(25-37(26-34)55-45-17-8-5-14-38(45)41-22-31(29-50)18-19-46(41)55)32-10-9-13-36(24-32)54-48-28-47-42(27-43(48)40-20-21-52-30-49(40)54)39-15-6-7-16-44(39)53(47)35-11-3-2-4-12-35/h2-28,30H. The topological polar surface area (TPSA) is 55.8 Å². The minimum atomic E-state index is 0.551. The monoisotopic (exact) mass is 700 g/mol. The molecule has 0 fully saturated rings. The van der Waals surface area contributed by atoms with Crippen LogP contribution in [-0.4, -0.2) is 18.7 Å². The summed E-state index contributed by atoms with van der Waals surface area (Å²) in [5, 5.41) is 16.5. The molecule has 0 amide bonds. The fourth-order valence-corrected chi connectivity index (χ4v) is 8.56. The minimum Gasteiger partial charge on any atom is -0.310 e. The second-order valence-corrected chi connectivity index (χ2v) is 13.9. The van der Waals surface area contributed by atoms with E-state index in [0.717, 1.165) is 77.3 Å². The molecule has 0 aliphatic carbocycles.